The Morgan fingerprint density at radius 1 is 1.56 bits per heavy atom. The van der Waals surface area contributed by atoms with Crippen molar-refractivity contribution in [2.45, 2.75) is 12.8 Å². The molecule has 0 unspecified atom stereocenters. The van der Waals surface area contributed by atoms with E-state index in [0.29, 0.717) is 11.4 Å². The molecule has 3 nitrogen and oxygen atoms in total. The number of aliphatic imine (C=N–C) groups is 1. The van der Waals surface area contributed by atoms with Crippen molar-refractivity contribution < 1.29 is 4.74 Å². The lowest BCUT2D eigenvalue weighted by Crippen LogP contribution is -2.29. The van der Waals surface area contributed by atoms with E-state index in [1.165, 1.54) is 12.8 Å². The Morgan fingerprint density at radius 2 is 2.33 bits per heavy atom. The fourth-order valence-corrected chi connectivity index (χ4v) is 1.04. The van der Waals surface area contributed by atoms with Crippen molar-refractivity contribution in [3.05, 3.63) is 0 Å². The zero-order valence-electron chi connectivity index (χ0n) is 5.26. The molecule has 0 aromatic rings. The first-order chi connectivity index (χ1) is 4.31. The van der Waals surface area contributed by atoms with Crippen LogP contribution in [0.4, 0.5) is 0 Å². The summed E-state index contributed by atoms with van der Waals surface area (Å²) in [4.78, 5) is 4.02. The largest absolute Gasteiger partial charge is 0.465 e. The molecule has 2 rings (SSSR count). The van der Waals surface area contributed by atoms with Crippen molar-refractivity contribution in [2.24, 2.45) is 16.1 Å². The average molecular weight is 126 g/mol. The van der Waals surface area contributed by atoms with Crippen LogP contribution in [0.15, 0.2) is 4.99 Å². The van der Waals surface area contributed by atoms with Crippen LogP contribution in [-0.4, -0.2) is 19.2 Å². The molecule has 2 aliphatic rings. The number of amidine groups is 1. The number of nitrogens with two attached hydrogens (primary N) is 1. The van der Waals surface area contributed by atoms with Crippen molar-refractivity contribution in [2.75, 3.05) is 13.2 Å². The lowest BCUT2D eigenvalue weighted by Gasteiger charge is -2.18. The van der Waals surface area contributed by atoms with Crippen LogP contribution in [-0.2, 0) is 4.74 Å². The van der Waals surface area contributed by atoms with Gasteiger partial charge in [-0.05, 0) is 12.8 Å². The predicted molar refractivity (Wildman–Crippen MR) is 34.1 cm³/mol. The Kier molecular flexibility index (Phi) is 0.793. The van der Waals surface area contributed by atoms with E-state index in [0.717, 1.165) is 13.2 Å². The van der Waals surface area contributed by atoms with Crippen molar-refractivity contribution >= 4 is 6.02 Å². The smallest absolute Gasteiger partial charge is 0.281 e. The lowest BCUT2D eigenvalue weighted by molar-refractivity contribution is 0.202. The third-order valence-electron chi connectivity index (χ3n) is 2.05. The minimum atomic E-state index is 0.368. The summed E-state index contributed by atoms with van der Waals surface area (Å²) in [6.45, 7) is 1.68. The van der Waals surface area contributed by atoms with E-state index < -0.39 is 0 Å². The van der Waals surface area contributed by atoms with Gasteiger partial charge in [-0.2, -0.15) is 0 Å². The number of hydrogen-bond donors (Lipinski definition) is 1. The van der Waals surface area contributed by atoms with Gasteiger partial charge in [-0.25, -0.2) is 4.99 Å². The fraction of sp³-hybridized carbons (Fsp3) is 0.833. The second kappa shape index (κ2) is 1.40. The molecule has 0 aromatic carbocycles. The average Bonchev–Trinajstić information content (AvgIpc) is 2.60. The predicted octanol–water partition coefficient (Wildman–Crippen LogP) is 0.111. The molecular formula is C6H10N2O. The molecule has 0 bridgehead atoms. The zero-order chi connectivity index (χ0) is 6.32. The molecule has 9 heavy (non-hydrogen) atoms. The molecule has 0 radical (unpaired) electrons. The third-order valence-corrected chi connectivity index (χ3v) is 2.05. The quantitative estimate of drug-likeness (QED) is 0.501. The van der Waals surface area contributed by atoms with Crippen LogP contribution < -0.4 is 5.73 Å². The van der Waals surface area contributed by atoms with Crippen LogP contribution in [0.25, 0.3) is 0 Å². The lowest BCUT2D eigenvalue weighted by atomic mass is 10.1. The standard InChI is InChI=1S/C6H10N2O/c7-5-8-3-6(1-2-6)4-9-5/h1-4H2,(H2,7,8). The summed E-state index contributed by atoms with van der Waals surface area (Å²) < 4.78 is 5.08. The Balaban J connectivity index is 2.07. The first-order valence-corrected chi connectivity index (χ1v) is 3.24. The number of ether oxygens (including phenoxy) is 1. The van der Waals surface area contributed by atoms with Gasteiger partial charge in [0.25, 0.3) is 6.02 Å². The summed E-state index contributed by atoms with van der Waals surface area (Å²) in [6, 6.07) is 0.368. The van der Waals surface area contributed by atoms with Crippen LogP contribution in [0.1, 0.15) is 12.8 Å². The van der Waals surface area contributed by atoms with Gasteiger partial charge in [0.05, 0.1) is 13.2 Å². The normalized spacial score (nSPS) is 29.1. The first kappa shape index (κ1) is 5.09. The summed E-state index contributed by atoms with van der Waals surface area (Å²) in [6.07, 6.45) is 2.54. The monoisotopic (exact) mass is 126 g/mol. The van der Waals surface area contributed by atoms with Gasteiger partial charge < -0.3 is 10.5 Å². The molecule has 1 saturated carbocycles. The van der Waals surface area contributed by atoms with E-state index in [1.54, 1.807) is 0 Å². The second-order valence-electron chi connectivity index (χ2n) is 2.94. The molecular weight excluding hydrogens is 116 g/mol. The molecule has 3 heteroatoms. The molecule has 0 saturated heterocycles. The minimum absolute atomic E-state index is 0.368. The van der Waals surface area contributed by atoms with Gasteiger partial charge in [-0.3, -0.25) is 0 Å². The maximum absolute atomic E-state index is 5.31. The van der Waals surface area contributed by atoms with Crippen LogP contribution in [0.2, 0.25) is 0 Å². The van der Waals surface area contributed by atoms with E-state index in [2.05, 4.69) is 4.99 Å². The highest BCUT2D eigenvalue weighted by Gasteiger charge is 2.45. The molecule has 50 valence electrons. The molecule has 0 atom stereocenters. The molecule has 2 N–H and O–H groups in total. The molecule has 1 aliphatic carbocycles. The maximum Gasteiger partial charge on any atom is 0.281 e. The summed E-state index contributed by atoms with van der Waals surface area (Å²) in [7, 11) is 0. The van der Waals surface area contributed by atoms with Crippen molar-refractivity contribution in [3.63, 3.8) is 0 Å². The number of hydrogen-bond acceptors (Lipinski definition) is 3. The first-order valence-electron chi connectivity index (χ1n) is 3.24. The molecule has 0 aromatic heterocycles. The molecule has 1 spiro atoms. The van der Waals surface area contributed by atoms with Crippen molar-refractivity contribution in [1.82, 2.24) is 0 Å². The van der Waals surface area contributed by atoms with Crippen LogP contribution >= 0.6 is 0 Å². The van der Waals surface area contributed by atoms with E-state index in [-0.39, 0.29) is 0 Å². The molecule has 1 aliphatic heterocycles. The second-order valence-corrected chi connectivity index (χ2v) is 2.94. The maximum atomic E-state index is 5.31. The SMILES string of the molecule is NC1=NCC2(CC2)CO1. The van der Waals surface area contributed by atoms with Gasteiger partial charge in [-0.15, -0.1) is 0 Å². The summed E-state index contributed by atoms with van der Waals surface area (Å²) in [5, 5.41) is 0. The fourth-order valence-electron chi connectivity index (χ4n) is 1.04. The van der Waals surface area contributed by atoms with Crippen LogP contribution in [0, 0.1) is 5.41 Å². The van der Waals surface area contributed by atoms with Crippen molar-refractivity contribution in [3.8, 4) is 0 Å². The van der Waals surface area contributed by atoms with Crippen molar-refractivity contribution in [1.29, 1.82) is 0 Å². The van der Waals surface area contributed by atoms with E-state index in [9.17, 15) is 0 Å². The van der Waals surface area contributed by atoms with Crippen LogP contribution in [0.3, 0.4) is 0 Å². The van der Waals surface area contributed by atoms with E-state index in [4.69, 9.17) is 10.5 Å². The Morgan fingerprint density at radius 3 is 2.78 bits per heavy atom. The number of rotatable bonds is 0. The highest BCUT2D eigenvalue weighted by Crippen LogP contribution is 2.47. The van der Waals surface area contributed by atoms with E-state index in [1.807, 2.05) is 0 Å². The summed E-state index contributed by atoms with van der Waals surface area (Å²) >= 11 is 0. The summed E-state index contributed by atoms with van der Waals surface area (Å²) in [5.74, 6) is 0. The van der Waals surface area contributed by atoms with Gasteiger partial charge in [0.2, 0.25) is 0 Å². The van der Waals surface area contributed by atoms with E-state index >= 15 is 0 Å². The Bertz CT molecular complexity index is 160. The van der Waals surface area contributed by atoms with Crippen LogP contribution in [0.5, 0.6) is 0 Å². The van der Waals surface area contributed by atoms with Gasteiger partial charge in [0.15, 0.2) is 0 Å². The molecule has 1 heterocycles. The summed E-state index contributed by atoms with van der Waals surface area (Å²) in [5.41, 5.74) is 5.73. The highest BCUT2D eigenvalue weighted by atomic mass is 16.5. The Labute approximate surface area is 53.9 Å². The third kappa shape index (κ3) is 0.763. The number of nitrogens with zero attached hydrogens (tertiary/aromatic N) is 1. The molecule has 1 fully saturated rings. The minimum Gasteiger partial charge on any atom is -0.465 e. The van der Waals surface area contributed by atoms with Gasteiger partial charge in [0.1, 0.15) is 0 Å². The topological polar surface area (TPSA) is 47.6 Å². The Hall–Kier alpha value is -0.730. The zero-order valence-corrected chi connectivity index (χ0v) is 5.26. The highest BCUT2D eigenvalue weighted by molar-refractivity contribution is 5.72. The van der Waals surface area contributed by atoms with Gasteiger partial charge in [-0.1, -0.05) is 0 Å². The van der Waals surface area contributed by atoms with Gasteiger partial charge >= 0.3 is 0 Å². The van der Waals surface area contributed by atoms with Gasteiger partial charge in [0, 0.05) is 5.41 Å². The molecule has 0 amide bonds.